The maximum absolute atomic E-state index is 4.78. The summed E-state index contributed by atoms with van der Waals surface area (Å²) in [6, 6.07) is 8.48. The third-order valence-electron chi connectivity index (χ3n) is 4.19. The summed E-state index contributed by atoms with van der Waals surface area (Å²) in [5.41, 5.74) is 0. The lowest BCUT2D eigenvalue weighted by Gasteiger charge is -2.22. The van der Waals surface area contributed by atoms with E-state index in [2.05, 4.69) is 62.5 Å². The van der Waals surface area contributed by atoms with Crippen LogP contribution in [0, 0.1) is 6.92 Å². The fraction of sp³-hybridized carbons (Fsp3) is 0.389. The molecule has 3 heterocycles. The Morgan fingerprint density at radius 2 is 1.92 bits per heavy atom. The first-order valence-electron chi connectivity index (χ1n) is 8.52. The number of guanidine groups is 1. The van der Waals surface area contributed by atoms with Crippen molar-refractivity contribution in [2.75, 3.05) is 13.6 Å². The molecule has 8 heteroatoms. The van der Waals surface area contributed by atoms with Crippen LogP contribution in [0.25, 0.3) is 0 Å². The van der Waals surface area contributed by atoms with Gasteiger partial charge in [-0.2, -0.15) is 0 Å². The number of nitrogens with one attached hydrogen (secondary N) is 1. The van der Waals surface area contributed by atoms with Gasteiger partial charge >= 0.3 is 0 Å². The van der Waals surface area contributed by atoms with Crippen LogP contribution in [0.15, 0.2) is 40.0 Å². The van der Waals surface area contributed by atoms with Gasteiger partial charge in [-0.25, -0.2) is 4.99 Å². The zero-order valence-electron chi connectivity index (χ0n) is 15.3. The van der Waals surface area contributed by atoms with Gasteiger partial charge in [0.15, 0.2) is 11.8 Å². The number of nitrogens with zero attached hydrogens (tertiary/aromatic N) is 5. The average Bonchev–Trinajstić information content (AvgIpc) is 3.39. The second-order valence-corrected chi connectivity index (χ2v) is 8.11. The molecule has 0 fully saturated rings. The molecule has 3 aromatic rings. The van der Waals surface area contributed by atoms with Crippen LogP contribution in [-0.4, -0.2) is 39.2 Å². The van der Waals surface area contributed by atoms with Crippen LogP contribution in [0.1, 0.15) is 21.4 Å². The highest BCUT2D eigenvalue weighted by atomic mass is 32.1. The number of rotatable bonds is 7. The van der Waals surface area contributed by atoms with E-state index in [0.717, 1.165) is 37.1 Å². The van der Waals surface area contributed by atoms with E-state index < -0.39 is 0 Å². The second-order valence-electron chi connectivity index (χ2n) is 6.05. The molecule has 0 radical (unpaired) electrons. The van der Waals surface area contributed by atoms with E-state index in [1.54, 1.807) is 22.7 Å². The van der Waals surface area contributed by atoms with Crippen molar-refractivity contribution in [3.8, 4) is 0 Å². The van der Waals surface area contributed by atoms with E-state index in [9.17, 15) is 0 Å². The van der Waals surface area contributed by atoms with Crippen molar-refractivity contribution in [3.63, 3.8) is 0 Å². The molecule has 0 saturated heterocycles. The summed E-state index contributed by atoms with van der Waals surface area (Å²) in [6.45, 7) is 4.14. The lowest BCUT2D eigenvalue weighted by molar-refractivity contribution is 0.484. The maximum atomic E-state index is 4.78. The van der Waals surface area contributed by atoms with Gasteiger partial charge in [-0.1, -0.05) is 12.1 Å². The molecular formula is C18H24N6S2. The Balaban J connectivity index is 1.67. The maximum Gasteiger partial charge on any atom is 0.194 e. The van der Waals surface area contributed by atoms with Crippen LogP contribution < -0.4 is 5.32 Å². The van der Waals surface area contributed by atoms with Crippen LogP contribution >= 0.6 is 22.7 Å². The Hall–Kier alpha value is -2.19. The van der Waals surface area contributed by atoms with Crippen LogP contribution in [0.5, 0.6) is 0 Å². The van der Waals surface area contributed by atoms with Crippen molar-refractivity contribution < 1.29 is 0 Å². The average molecular weight is 389 g/mol. The number of aryl methyl sites for hydroxylation is 1. The zero-order chi connectivity index (χ0) is 18.4. The summed E-state index contributed by atoms with van der Waals surface area (Å²) in [6.07, 6.45) is 1.01. The Morgan fingerprint density at radius 1 is 1.19 bits per heavy atom. The third kappa shape index (κ3) is 4.92. The molecule has 1 N–H and O–H groups in total. The second kappa shape index (κ2) is 8.95. The number of hydrogen-bond donors (Lipinski definition) is 1. The van der Waals surface area contributed by atoms with Crippen LogP contribution in [0.4, 0.5) is 0 Å². The summed E-state index contributed by atoms with van der Waals surface area (Å²) in [5.74, 6) is 2.65. The lowest BCUT2D eigenvalue weighted by Crippen LogP contribution is -2.39. The molecule has 0 amide bonds. The predicted molar refractivity (Wildman–Crippen MR) is 109 cm³/mol. The van der Waals surface area contributed by atoms with Gasteiger partial charge in [-0.05, 0) is 36.2 Å². The fourth-order valence-electron chi connectivity index (χ4n) is 2.46. The number of aliphatic imine (C=N–C) groups is 1. The molecule has 3 aromatic heterocycles. The first kappa shape index (κ1) is 18.6. The minimum atomic E-state index is 0.507. The lowest BCUT2D eigenvalue weighted by atomic mass is 10.3. The Kier molecular flexibility index (Phi) is 6.40. The number of hydrogen-bond acceptors (Lipinski definition) is 5. The van der Waals surface area contributed by atoms with Crippen molar-refractivity contribution in [1.29, 1.82) is 0 Å². The van der Waals surface area contributed by atoms with E-state index in [1.165, 1.54) is 9.75 Å². The SMILES string of the molecule is Cc1nnc(CN=C(NCc2cccs2)N(C)CCc2cccs2)n1C. The minimum Gasteiger partial charge on any atom is -0.351 e. The molecule has 0 saturated carbocycles. The highest BCUT2D eigenvalue weighted by Gasteiger charge is 2.10. The molecule has 0 aliphatic carbocycles. The Labute approximate surface area is 162 Å². The molecule has 0 aromatic carbocycles. The van der Waals surface area contributed by atoms with Gasteiger partial charge < -0.3 is 14.8 Å². The van der Waals surface area contributed by atoms with Gasteiger partial charge in [0.05, 0.1) is 6.54 Å². The van der Waals surface area contributed by atoms with E-state index in [-0.39, 0.29) is 0 Å². The van der Waals surface area contributed by atoms with Crippen molar-refractivity contribution in [2.45, 2.75) is 26.4 Å². The monoisotopic (exact) mass is 388 g/mol. The third-order valence-corrected chi connectivity index (χ3v) is 6.00. The van der Waals surface area contributed by atoms with Crippen molar-refractivity contribution in [3.05, 3.63) is 56.4 Å². The molecule has 0 bridgehead atoms. The van der Waals surface area contributed by atoms with Crippen molar-refractivity contribution in [2.24, 2.45) is 12.0 Å². The van der Waals surface area contributed by atoms with E-state index in [4.69, 9.17) is 4.99 Å². The van der Waals surface area contributed by atoms with Crippen molar-refractivity contribution in [1.82, 2.24) is 25.0 Å². The largest absolute Gasteiger partial charge is 0.351 e. The highest BCUT2D eigenvalue weighted by molar-refractivity contribution is 7.10. The molecule has 0 atom stereocenters. The standard InChI is InChI=1S/C18H24N6S2/c1-14-21-22-17(24(14)3)13-20-18(19-12-16-7-5-11-26-16)23(2)9-8-15-6-4-10-25-15/h4-7,10-11H,8-9,12-13H2,1-3H3,(H,19,20). The quantitative estimate of drug-likeness (QED) is 0.499. The Morgan fingerprint density at radius 3 is 2.54 bits per heavy atom. The first-order chi connectivity index (χ1) is 12.6. The smallest absolute Gasteiger partial charge is 0.194 e. The van der Waals surface area contributed by atoms with Gasteiger partial charge in [0.2, 0.25) is 0 Å². The zero-order valence-corrected chi connectivity index (χ0v) is 17.0. The number of aromatic nitrogens is 3. The molecule has 0 aliphatic rings. The van der Waals surface area contributed by atoms with E-state index in [1.807, 2.05) is 18.5 Å². The first-order valence-corrected chi connectivity index (χ1v) is 10.3. The summed E-state index contributed by atoms with van der Waals surface area (Å²) in [7, 11) is 4.05. The van der Waals surface area contributed by atoms with Gasteiger partial charge in [0, 0.05) is 30.4 Å². The van der Waals surface area contributed by atoms with E-state index >= 15 is 0 Å². The van der Waals surface area contributed by atoms with Gasteiger partial charge in [-0.3, -0.25) is 0 Å². The molecule has 0 spiro atoms. The molecule has 138 valence electrons. The Bertz CT molecular complexity index is 820. The van der Waals surface area contributed by atoms with Crippen LogP contribution in [0.3, 0.4) is 0 Å². The van der Waals surface area contributed by atoms with Crippen LogP contribution in [0.2, 0.25) is 0 Å². The van der Waals surface area contributed by atoms with Crippen LogP contribution in [-0.2, 0) is 26.6 Å². The normalized spacial score (nSPS) is 11.7. The summed E-state index contributed by atoms with van der Waals surface area (Å²) in [5, 5.41) is 16.0. The molecule has 26 heavy (non-hydrogen) atoms. The van der Waals surface area contributed by atoms with E-state index in [0.29, 0.717) is 6.54 Å². The summed E-state index contributed by atoms with van der Waals surface area (Å²) in [4.78, 5) is 9.64. The number of likely N-dealkylation sites (N-methyl/N-ethyl adjacent to an activating group) is 1. The minimum absolute atomic E-state index is 0.507. The van der Waals surface area contributed by atoms with Gasteiger partial charge in [-0.15, -0.1) is 32.9 Å². The molecule has 6 nitrogen and oxygen atoms in total. The molecule has 0 unspecified atom stereocenters. The summed E-state index contributed by atoms with van der Waals surface area (Å²) >= 11 is 3.54. The molecular weight excluding hydrogens is 364 g/mol. The predicted octanol–water partition coefficient (Wildman–Crippen LogP) is 3.07. The van der Waals surface area contributed by atoms with Gasteiger partial charge in [0.25, 0.3) is 0 Å². The molecule has 0 aliphatic heterocycles. The fourth-order valence-corrected chi connectivity index (χ4v) is 3.81. The van der Waals surface area contributed by atoms with Crippen molar-refractivity contribution >= 4 is 28.6 Å². The molecule has 3 rings (SSSR count). The van der Waals surface area contributed by atoms with Gasteiger partial charge in [0.1, 0.15) is 12.4 Å². The summed E-state index contributed by atoms with van der Waals surface area (Å²) < 4.78 is 1.98. The highest BCUT2D eigenvalue weighted by Crippen LogP contribution is 2.11. The number of thiophene rings is 2. The topological polar surface area (TPSA) is 58.3 Å².